The third-order valence-corrected chi connectivity index (χ3v) is 3.75. The molecular formula is C14H11N3O2S. The van der Waals surface area contributed by atoms with Gasteiger partial charge in [0.2, 0.25) is 0 Å². The van der Waals surface area contributed by atoms with Crippen molar-refractivity contribution in [3.05, 3.63) is 47.5 Å². The molecule has 0 saturated heterocycles. The van der Waals surface area contributed by atoms with E-state index in [1.807, 2.05) is 29.6 Å². The quantitative estimate of drug-likeness (QED) is 0.687. The Kier molecular flexibility index (Phi) is 3.00. The molecule has 5 nitrogen and oxygen atoms in total. The van der Waals surface area contributed by atoms with Gasteiger partial charge in [0.15, 0.2) is 0 Å². The Balaban J connectivity index is 1.99. The van der Waals surface area contributed by atoms with Gasteiger partial charge in [-0.05, 0) is 41.1 Å². The molecular weight excluding hydrogens is 274 g/mol. The number of benzene rings is 1. The third-order valence-electron chi connectivity index (χ3n) is 2.85. The van der Waals surface area contributed by atoms with Crippen molar-refractivity contribution in [2.45, 2.75) is 0 Å². The molecule has 3 aromatic rings. The van der Waals surface area contributed by atoms with Crippen LogP contribution in [0.2, 0.25) is 0 Å². The summed E-state index contributed by atoms with van der Waals surface area (Å²) in [6.45, 7) is 0. The van der Waals surface area contributed by atoms with Crippen LogP contribution < -0.4 is 11.1 Å². The standard InChI is InChI=1S/C14H11N3O2S/c15-9-6-11(14(18)19)13(16-7-9)17-10-1-2-12-8(5-10)3-4-20-12/h1-7H,15H2,(H,16,17)(H,18,19). The first kappa shape index (κ1) is 12.4. The van der Waals surface area contributed by atoms with E-state index in [0.29, 0.717) is 5.69 Å². The Bertz CT molecular complexity index is 798. The zero-order chi connectivity index (χ0) is 14.1. The second-order valence-corrected chi connectivity index (χ2v) is 5.22. The average Bonchev–Trinajstić information content (AvgIpc) is 2.88. The third kappa shape index (κ3) is 2.28. The molecule has 0 spiro atoms. The lowest BCUT2D eigenvalue weighted by Gasteiger charge is -2.09. The van der Waals surface area contributed by atoms with Crippen LogP contribution in [0.4, 0.5) is 17.2 Å². The number of carboxylic acids is 1. The number of pyridine rings is 1. The lowest BCUT2D eigenvalue weighted by atomic mass is 10.2. The summed E-state index contributed by atoms with van der Waals surface area (Å²) in [5, 5.41) is 15.3. The summed E-state index contributed by atoms with van der Waals surface area (Å²) in [6, 6.07) is 9.23. The minimum absolute atomic E-state index is 0.0513. The van der Waals surface area contributed by atoms with Gasteiger partial charge < -0.3 is 16.2 Å². The fraction of sp³-hybridized carbons (Fsp3) is 0. The van der Waals surface area contributed by atoms with Gasteiger partial charge in [0, 0.05) is 10.4 Å². The summed E-state index contributed by atoms with van der Waals surface area (Å²) < 4.78 is 1.18. The van der Waals surface area contributed by atoms with E-state index in [2.05, 4.69) is 10.3 Å². The second kappa shape index (κ2) is 4.82. The maximum absolute atomic E-state index is 11.2. The van der Waals surface area contributed by atoms with Crippen molar-refractivity contribution in [1.29, 1.82) is 0 Å². The molecule has 20 heavy (non-hydrogen) atoms. The van der Waals surface area contributed by atoms with Crippen molar-refractivity contribution in [3.8, 4) is 0 Å². The summed E-state index contributed by atoms with van der Waals surface area (Å²) in [6.07, 6.45) is 1.43. The number of carboxylic acid groups (broad SMARTS) is 1. The molecule has 0 aliphatic rings. The van der Waals surface area contributed by atoms with Gasteiger partial charge in [-0.3, -0.25) is 0 Å². The molecule has 0 aliphatic carbocycles. The predicted octanol–water partition coefficient (Wildman–Crippen LogP) is 3.32. The Morgan fingerprint density at radius 3 is 2.95 bits per heavy atom. The van der Waals surface area contributed by atoms with E-state index >= 15 is 0 Å². The van der Waals surface area contributed by atoms with Crippen LogP contribution in [0, 0.1) is 0 Å². The molecule has 1 aromatic carbocycles. The molecule has 0 fully saturated rings. The first-order valence-electron chi connectivity index (χ1n) is 5.86. The number of carbonyl (C=O) groups is 1. The lowest BCUT2D eigenvalue weighted by molar-refractivity contribution is 0.0697. The number of hydrogen-bond acceptors (Lipinski definition) is 5. The number of anilines is 3. The molecule has 6 heteroatoms. The molecule has 0 atom stereocenters. The number of nitrogen functional groups attached to an aromatic ring is 1. The summed E-state index contributed by atoms with van der Waals surface area (Å²) in [5.41, 5.74) is 6.73. The van der Waals surface area contributed by atoms with E-state index in [1.165, 1.54) is 17.0 Å². The minimum atomic E-state index is -1.07. The van der Waals surface area contributed by atoms with E-state index in [9.17, 15) is 9.90 Å². The van der Waals surface area contributed by atoms with Crippen LogP contribution in [0.5, 0.6) is 0 Å². The van der Waals surface area contributed by atoms with Gasteiger partial charge >= 0.3 is 5.97 Å². The lowest BCUT2D eigenvalue weighted by Crippen LogP contribution is -2.06. The molecule has 0 saturated carbocycles. The number of aromatic nitrogens is 1. The summed E-state index contributed by atoms with van der Waals surface area (Å²) in [5.74, 6) is -0.787. The van der Waals surface area contributed by atoms with E-state index in [4.69, 9.17) is 5.73 Å². The van der Waals surface area contributed by atoms with Gasteiger partial charge in [0.05, 0.1) is 11.9 Å². The van der Waals surface area contributed by atoms with Gasteiger partial charge in [0.25, 0.3) is 0 Å². The Morgan fingerprint density at radius 1 is 1.30 bits per heavy atom. The largest absolute Gasteiger partial charge is 0.478 e. The maximum atomic E-state index is 11.2. The Hall–Kier alpha value is -2.60. The van der Waals surface area contributed by atoms with Crippen LogP contribution in [0.1, 0.15) is 10.4 Å². The van der Waals surface area contributed by atoms with Gasteiger partial charge in [-0.1, -0.05) is 0 Å². The van der Waals surface area contributed by atoms with Crippen LogP contribution in [-0.4, -0.2) is 16.1 Å². The van der Waals surface area contributed by atoms with Crippen LogP contribution in [0.3, 0.4) is 0 Å². The second-order valence-electron chi connectivity index (χ2n) is 4.27. The zero-order valence-electron chi connectivity index (χ0n) is 10.3. The number of thiophene rings is 1. The maximum Gasteiger partial charge on any atom is 0.339 e. The van der Waals surface area contributed by atoms with Crippen molar-refractivity contribution in [2.75, 3.05) is 11.1 Å². The number of fused-ring (bicyclic) bond motifs is 1. The minimum Gasteiger partial charge on any atom is -0.478 e. The number of aromatic carboxylic acids is 1. The molecule has 100 valence electrons. The van der Waals surface area contributed by atoms with Crippen molar-refractivity contribution in [1.82, 2.24) is 4.98 Å². The molecule has 2 aromatic heterocycles. The van der Waals surface area contributed by atoms with Crippen molar-refractivity contribution in [2.24, 2.45) is 0 Å². The Labute approximate surface area is 118 Å². The van der Waals surface area contributed by atoms with E-state index in [0.717, 1.165) is 11.1 Å². The van der Waals surface area contributed by atoms with Crippen molar-refractivity contribution < 1.29 is 9.90 Å². The van der Waals surface area contributed by atoms with Gasteiger partial charge in [-0.25, -0.2) is 9.78 Å². The monoisotopic (exact) mass is 285 g/mol. The molecule has 4 N–H and O–H groups in total. The molecule has 3 rings (SSSR count). The molecule has 0 radical (unpaired) electrons. The summed E-state index contributed by atoms with van der Waals surface area (Å²) >= 11 is 1.66. The van der Waals surface area contributed by atoms with Crippen molar-refractivity contribution in [3.63, 3.8) is 0 Å². The molecule has 2 heterocycles. The smallest absolute Gasteiger partial charge is 0.339 e. The van der Waals surface area contributed by atoms with E-state index < -0.39 is 5.97 Å². The fourth-order valence-electron chi connectivity index (χ4n) is 1.92. The predicted molar refractivity (Wildman–Crippen MR) is 80.7 cm³/mol. The first-order chi connectivity index (χ1) is 9.63. The summed E-state index contributed by atoms with van der Waals surface area (Å²) in [4.78, 5) is 15.2. The van der Waals surface area contributed by atoms with Crippen LogP contribution in [0.15, 0.2) is 41.9 Å². The fourth-order valence-corrected chi connectivity index (χ4v) is 2.70. The number of rotatable bonds is 3. The number of nitrogens with zero attached hydrogens (tertiary/aromatic N) is 1. The molecule has 0 bridgehead atoms. The van der Waals surface area contributed by atoms with Gasteiger partial charge in [-0.15, -0.1) is 11.3 Å². The molecule has 0 aliphatic heterocycles. The zero-order valence-corrected chi connectivity index (χ0v) is 11.1. The van der Waals surface area contributed by atoms with Crippen LogP contribution >= 0.6 is 11.3 Å². The van der Waals surface area contributed by atoms with Gasteiger partial charge in [0.1, 0.15) is 11.4 Å². The van der Waals surface area contributed by atoms with E-state index in [-0.39, 0.29) is 11.4 Å². The van der Waals surface area contributed by atoms with Gasteiger partial charge in [-0.2, -0.15) is 0 Å². The highest BCUT2D eigenvalue weighted by Gasteiger charge is 2.12. The SMILES string of the molecule is Nc1cnc(Nc2ccc3sccc3c2)c(C(=O)O)c1. The highest BCUT2D eigenvalue weighted by atomic mass is 32.1. The van der Waals surface area contributed by atoms with Crippen molar-refractivity contribution >= 4 is 44.6 Å². The highest BCUT2D eigenvalue weighted by Crippen LogP contribution is 2.26. The molecule has 0 amide bonds. The average molecular weight is 285 g/mol. The Morgan fingerprint density at radius 2 is 2.15 bits per heavy atom. The topological polar surface area (TPSA) is 88.2 Å². The number of nitrogens with two attached hydrogens (primary N) is 1. The first-order valence-corrected chi connectivity index (χ1v) is 6.74. The number of nitrogens with one attached hydrogen (secondary N) is 1. The normalized spacial score (nSPS) is 10.6. The highest BCUT2D eigenvalue weighted by molar-refractivity contribution is 7.17. The van der Waals surface area contributed by atoms with Crippen LogP contribution in [-0.2, 0) is 0 Å². The summed E-state index contributed by atoms with van der Waals surface area (Å²) in [7, 11) is 0. The van der Waals surface area contributed by atoms with Crippen LogP contribution in [0.25, 0.3) is 10.1 Å². The van der Waals surface area contributed by atoms with E-state index in [1.54, 1.807) is 11.3 Å². The number of hydrogen-bond donors (Lipinski definition) is 3. The molecule has 0 unspecified atom stereocenters.